The van der Waals surface area contributed by atoms with Gasteiger partial charge < -0.3 is 15.2 Å². The van der Waals surface area contributed by atoms with Crippen molar-refractivity contribution in [3.8, 4) is 0 Å². The number of hydrogen-bond acceptors (Lipinski definition) is 3. The standard InChI is InChI=1S/C7H15NO2/c1-2-10-6-7(5-9)3-8-4-7/h8-9H,2-6H2,1H3. The van der Waals surface area contributed by atoms with Gasteiger partial charge in [0.25, 0.3) is 0 Å². The second-order valence-electron chi connectivity index (χ2n) is 2.90. The molecule has 0 aromatic heterocycles. The summed E-state index contributed by atoms with van der Waals surface area (Å²) in [5, 5.41) is 12.1. The van der Waals surface area contributed by atoms with Gasteiger partial charge in [-0.2, -0.15) is 0 Å². The third-order valence-corrected chi connectivity index (χ3v) is 1.95. The van der Waals surface area contributed by atoms with Crippen LogP contribution in [0.15, 0.2) is 0 Å². The van der Waals surface area contributed by atoms with E-state index >= 15 is 0 Å². The van der Waals surface area contributed by atoms with Crippen molar-refractivity contribution in [1.82, 2.24) is 5.32 Å². The number of aliphatic hydroxyl groups excluding tert-OH is 1. The Morgan fingerprint density at radius 2 is 2.30 bits per heavy atom. The van der Waals surface area contributed by atoms with Crippen LogP contribution in [0.3, 0.4) is 0 Å². The lowest BCUT2D eigenvalue weighted by Gasteiger charge is -2.40. The summed E-state index contributed by atoms with van der Waals surface area (Å²) in [5.41, 5.74) is 0.0377. The van der Waals surface area contributed by atoms with E-state index in [1.165, 1.54) is 0 Å². The summed E-state index contributed by atoms with van der Waals surface area (Å²) in [6.45, 7) is 5.42. The molecule has 0 bridgehead atoms. The molecule has 3 heteroatoms. The average Bonchev–Trinajstić information content (AvgIpc) is 1.87. The van der Waals surface area contributed by atoms with Crippen molar-refractivity contribution in [3.05, 3.63) is 0 Å². The maximum absolute atomic E-state index is 8.94. The average molecular weight is 145 g/mol. The predicted molar refractivity (Wildman–Crippen MR) is 38.9 cm³/mol. The first-order valence-corrected chi connectivity index (χ1v) is 3.72. The highest BCUT2D eigenvalue weighted by atomic mass is 16.5. The van der Waals surface area contributed by atoms with Crippen molar-refractivity contribution >= 4 is 0 Å². The van der Waals surface area contributed by atoms with E-state index in [2.05, 4.69) is 5.32 Å². The molecule has 10 heavy (non-hydrogen) atoms. The first kappa shape index (κ1) is 7.98. The molecule has 0 radical (unpaired) electrons. The minimum absolute atomic E-state index is 0.0377. The van der Waals surface area contributed by atoms with Crippen molar-refractivity contribution < 1.29 is 9.84 Å². The zero-order valence-corrected chi connectivity index (χ0v) is 6.39. The summed E-state index contributed by atoms with van der Waals surface area (Å²) < 4.78 is 5.23. The molecule has 1 aliphatic heterocycles. The van der Waals surface area contributed by atoms with Crippen LogP contribution in [0.1, 0.15) is 6.92 Å². The zero-order chi connectivity index (χ0) is 7.45. The van der Waals surface area contributed by atoms with E-state index in [0.29, 0.717) is 6.61 Å². The van der Waals surface area contributed by atoms with E-state index in [9.17, 15) is 0 Å². The molecule has 0 amide bonds. The maximum Gasteiger partial charge on any atom is 0.0568 e. The van der Waals surface area contributed by atoms with Crippen LogP contribution >= 0.6 is 0 Å². The number of rotatable bonds is 4. The van der Waals surface area contributed by atoms with Crippen LogP contribution in [0.25, 0.3) is 0 Å². The quantitative estimate of drug-likeness (QED) is 0.566. The molecule has 0 aliphatic carbocycles. The maximum atomic E-state index is 8.94. The summed E-state index contributed by atoms with van der Waals surface area (Å²) in [6.07, 6.45) is 0. The van der Waals surface area contributed by atoms with Gasteiger partial charge in [0.05, 0.1) is 13.2 Å². The second kappa shape index (κ2) is 3.32. The molecule has 3 nitrogen and oxygen atoms in total. The first-order valence-electron chi connectivity index (χ1n) is 3.72. The second-order valence-corrected chi connectivity index (χ2v) is 2.90. The smallest absolute Gasteiger partial charge is 0.0568 e. The lowest BCUT2D eigenvalue weighted by molar-refractivity contribution is -0.0218. The summed E-state index contributed by atoms with van der Waals surface area (Å²) in [6, 6.07) is 0. The van der Waals surface area contributed by atoms with Crippen molar-refractivity contribution in [2.45, 2.75) is 6.92 Å². The van der Waals surface area contributed by atoms with Gasteiger partial charge in [0.2, 0.25) is 0 Å². The molecular formula is C7H15NO2. The van der Waals surface area contributed by atoms with Crippen LogP contribution in [-0.2, 0) is 4.74 Å². The Bertz CT molecular complexity index is 96.3. The monoisotopic (exact) mass is 145 g/mol. The normalized spacial score (nSPS) is 22.2. The summed E-state index contributed by atoms with van der Waals surface area (Å²) in [4.78, 5) is 0. The molecular weight excluding hydrogens is 130 g/mol. The largest absolute Gasteiger partial charge is 0.396 e. The van der Waals surface area contributed by atoms with Gasteiger partial charge >= 0.3 is 0 Å². The topological polar surface area (TPSA) is 41.5 Å². The van der Waals surface area contributed by atoms with Crippen LogP contribution in [0.2, 0.25) is 0 Å². The molecule has 1 aliphatic rings. The van der Waals surface area contributed by atoms with E-state index < -0.39 is 0 Å². The van der Waals surface area contributed by atoms with Gasteiger partial charge in [0, 0.05) is 25.1 Å². The Kier molecular flexibility index (Phi) is 2.65. The van der Waals surface area contributed by atoms with Gasteiger partial charge in [-0.15, -0.1) is 0 Å². The fraction of sp³-hybridized carbons (Fsp3) is 1.00. The van der Waals surface area contributed by atoms with E-state index in [1.54, 1.807) is 0 Å². The Morgan fingerprint density at radius 1 is 1.60 bits per heavy atom. The zero-order valence-electron chi connectivity index (χ0n) is 6.39. The van der Waals surface area contributed by atoms with Crippen molar-refractivity contribution in [2.75, 3.05) is 32.9 Å². The number of aliphatic hydroxyl groups is 1. The fourth-order valence-corrected chi connectivity index (χ4v) is 1.06. The lowest BCUT2D eigenvalue weighted by Crippen LogP contribution is -2.58. The molecule has 2 N–H and O–H groups in total. The van der Waals surface area contributed by atoms with E-state index in [0.717, 1.165) is 19.7 Å². The molecule has 0 aromatic carbocycles. The number of ether oxygens (including phenoxy) is 1. The highest BCUT2D eigenvalue weighted by Crippen LogP contribution is 2.21. The summed E-state index contributed by atoms with van der Waals surface area (Å²) >= 11 is 0. The van der Waals surface area contributed by atoms with Crippen LogP contribution in [-0.4, -0.2) is 38.0 Å². The molecule has 1 rings (SSSR count). The van der Waals surface area contributed by atoms with Crippen LogP contribution in [0.5, 0.6) is 0 Å². The molecule has 1 saturated heterocycles. The highest BCUT2D eigenvalue weighted by molar-refractivity contribution is 4.91. The molecule has 1 fully saturated rings. The van der Waals surface area contributed by atoms with Gasteiger partial charge in [-0.25, -0.2) is 0 Å². The van der Waals surface area contributed by atoms with Crippen molar-refractivity contribution in [3.63, 3.8) is 0 Å². The molecule has 0 saturated carbocycles. The van der Waals surface area contributed by atoms with E-state index in [1.807, 2.05) is 6.92 Å². The predicted octanol–water partition coefficient (Wildman–Crippen LogP) is -0.395. The summed E-state index contributed by atoms with van der Waals surface area (Å²) in [7, 11) is 0. The minimum atomic E-state index is 0.0377. The Labute approximate surface area is 61.4 Å². The molecule has 0 spiro atoms. The third kappa shape index (κ3) is 1.48. The van der Waals surface area contributed by atoms with E-state index in [4.69, 9.17) is 9.84 Å². The molecule has 0 atom stereocenters. The summed E-state index contributed by atoms with van der Waals surface area (Å²) in [5.74, 6) is 0. The molecule has 0 unspecified atom stereocenters. The molecule has 60 valence electrons. The van der Waals surface area contributed by atoms with Crippen LogP contribution in [0, 0.1) is 5.41 Å². The highest BCUT2D eigenvalue weighted by Gasteiger charge is 2.36. The third-order valence-electron chi connectivity index (χ3n) is 1.95. The Balaban J connectivity index is 2.20. The van der Waals surface area contributed by atoms with Gasteiger partial charge in [0.15, 0.2) is 0 Å². The minimum Gasteiger partial charge on any atom is -0.396 e. The van der Waals surface area contributed by atoms with E-state index in [-0.39, 0.29) is 12.0 Å². The fourth-order valence-electron chi connectivity index (χ4n) is 1.06. The van der Waals surface area contributed by atoms with Gasteiger partial charge in [-0.3, -0.25) is 0 Å². The Morgan fingerprint density at radius 3 is 2.60 bits per heavy atom. The molecule has 1 heterocycles. The molecule has 0 aromatic rings. The van der Waals surface area contributed by atoms with Crippen LogP contribution in [0.4, 0.5) is 0 Å². The first-order chi connectivity index (χ1) is 4.83. The number of hydrogen-bond donors (Lipinski definition) is 2. The van der Waals surface area contributed by atoms with Gasteiger partial charge in [-0.1, -0.05) is 0 Å². The van der Waals surface area contributed by atoms with Crippen molar-refractivity contribution in [2.24, 2.45) is 5.41 Å². The van der Waals surface area contributed by atoms with Gasteiger partial charge in [-0.05, 0) is 6.92 Å². The van der Waals surface area contributed by atoms with Gasteiger partial charge in [0.1, 0.15) is 0 Å². The van der Waals surface area contributed by atoms with Crippen molar-refractivity contribution in [1.29, 1.82) is 0 Å². The SMILES string of the molecule is CCOCC1(CO)CNC1. The lowest BCUT2D eigenvalue weighted by atomic mass is 9.84. The number of nitrogens with one attached hydrogen (secondary N) is 1. The Hall–Kier alpha value is -0.120. The van der Waals surface area contributed by atoms with Crippen LogP contribution < -0.4 is 5.32 Å².